The number of cyclic esters (lactones) is 1. The van der Waals surface area contributed by atoms with Crippen molar-refractivity contribution in [1.82, 2.24) is 4.90 Å². The number of nitrogens with zero attached hydrogens (tertiary/aromatic N) is 2. The van der Waals surface area contributed by atoms with Gasteiger partial charge in [-0.1, -0.05) is 47.6 Å². The highest BCUT2D eigenvalue weighted by Crippen LogP contribution is 2.62. The van der Waals surface area contributed by atoms with Crippen LogP contribution in [0, 0.1) is 5.92 Å². The summed E-state index contributed by atoms with van der Waals surface area (Å²) in [7, 11) is 1.69. The molecule has 1 spiro atoms. The molecular weight excluding hydrogens is 668 g/mol. The summed E-state index contributed by atoms with van der Waals surface area (Å²) in [5.41, 5.74) is 5.24. The lowest BCUT2D eigenvalue weighted by molar-refractivity contribution is 0.101. The zero-order valence-electron chi connectivity index (χ0n) is 25.8. The number of hydrogen-bond donors (Lipinski definition) is 0. The number of methoxy groups -OCH3 is 1. The molecule has 3 aliphatic heterocycles. The van der Waals surface area contributed by atoms with Crippen LogP contribution in [0.2, 0.25) is 0 Å². The molecule has 3 fully saturated rings. The van der Waals surface area contributed by atoms with Crippen molar-refractivity contribution in [3.05, 3.63) is 87.4 Å². The van der Waals surface area contributed by atoms with E-state index in [4.69, 9.17) is 28.9 Å². The lowest BCUT2D eigenvalue weighted by Gasteiger charge is -2.45. The molecule has 0 N–H and O–H groups in total. The van der Waals surface area contributed by atoms with E-state index in [1.165, 1.54) is 24.0 Å². The first-order valence-electron chi connectivity index (χ1n) is 16.1. The molecule has 3 aromatic carbocycles. The van der Waals surface area contributed by atoms with Gasteiger partial charge in [-0.15, -0.1) is 0 Å². The minimum absolute atomic E-state index is 0.0385. The Morgan fingerprint density at radius 1 is 1.09 bits per heavy atom. The van der Waals surface area contributed by atoms with Gasteiger partial charge in [-0.05, 0) is 76.0 Å². The molecule has 5 aliphatic rings. The summed E-state index contributed by atoms with van der Waals surface area (Å²) in [5, 5.41) is 4.83. The topological polar surface area (TPSA) is 78.8 Å². The van der Waals surface area contributed by atoms with Gasteiger partial charge >= 0.3 is 6.09 Å². The molecule has 3 heterocycles. The smallest absolute Gasteiger partial charge is 0.410 e. The summed E-state index contributed by atoms with van der Waals surface area (Å²) in [5.74, 6) is 3.91. The van der Waals surface area contributed by atoms with Gasteiger partial charge in [0.05, 0.1) is 37.4 Å². The Labute approximate surface area is 281 Å². The van der Waals surface area contributed by atoms with Crippen molar-refractivity contribution >= 4 is 39.5 Å². The molecule has 46 heavy (non-hydrogen) atoms. The largest absolute Gasteiger partial charge is 0.497 e. The molecule has 0 unspecified atom stereocenters. The highest BCUT2D eigenvalue weighted by Gasteiger charge is 2.62. The third kappa shape index (κ3) is 5.51. The Kier molecular flexibility index (Phi) is 8.05. The molecule has 8 rings (SSSR count). The molecule has 2 saturated carbocycles. The maximum absolute atomic E-state index is 13.0. The second-order valence-electron chi connectivity index (χ2n) is 13.0. The number of benzene rings is 3. The van der Waals surface area contributed by atoms with E-state index in [2.05, 4.69) is 34.1 Å². The summed E-state index contributed by atoms with van der Waals surface area (Å²) in [6.45, 7) is 1.97. The van der Waals surface area contributed by atoms with Crippen LogP contribution in [0.15, 0.2) is 70.3 Å². The quantitative estimate of drug-likeness (QED) is 0.201. The zero-order valence-corrected chi connectivity index (χ0v) is 28.2. The molecule has 1 amide bonds. The molecule has 10 heteroatoms. The van der Waals surface area contributed by atoms with E-state index in [0.717, 1.165) is 57.2 Å². The Hall–Kier alpha value is -3.37. The Bertz CT molecular complexity index is 1650. The Morgan fingerprint density at radius 2 is 1.91 bits per heavy atom. The monoisotopic (exact) mass is 704 g/mol. The van der Waals surface area contributed by atoms with E-state index < -0.39 is 0 Å². The van der Waals surface area contributed by atoms with Crippen molar-refractivity contribution in [3.8, 4) is 17.2 Å². The van der Waals surface area contributed by atoms with E-state index in [0.29, 0.717) is 38.7 Å². The average Bonchev–Trinajstić information content (AvgIpc) is 3.79. The third-order valence-corrected chi connectivity index (χ3v) is 12.3. The van der Waals surface area contributed by atoms with E-state index in [9.17, 15) is 4.79 Å². The SMILES string of the molecule is COc1ccc(CS[C@@H]2C/C(=N/OCc3ccccc3)C[C@H]3Oc4c(Br)c(OCC5CC5)cc5c4[C@]32C[C@H]2COC(=O)N2C5)cc1. The summed E-state index contributed by atoms with van der Waals surface area (Å²) < 4.78 is 25.3. The van der Waals surface area contributed by atoms with Crippen LogP contribution in [-0.4, -0.2) is 54.4 Å². The Balaban J connectivity index is 1.18. The summed E-state index contributed by atoms with van der Waals surface area (Å²) in [4.78, 5) is 20.9. The highest BCUT2D eigenvalue weighted by molar-refractivity contribution is 9.10. The molecule has 240 valence electrons. The van der Waals surface area contributed by atoms with E-state index in [-0.39, 0.29) is 28.9 Å². The van der Waals surface area contributed by atoms with Crippen LogP contribution in [-0.2, 0) is 33.9 Å². The van der Waals surface area contributed by atoms with Crippen molar-refractivity contribution in [3.63, 3.8) is 0 Å². The van der Waals surface area contributed by atoms with Crippen molar-refractivity contribution in [2.45, 2.75) is 73.8 Å². The van der Waals surface area contributed by atoms with Crippen molar-refractivity contribution < 1.29 is 28.6 Å². The maximum atomic E-state index is 13.0. The second-order valence-corrected chi connectivity index (χ2v) is 15.0. The molecular formula is C36H37BrN2O6S. The zero-order chi connectivity index (χ0) is 31.3. The fourth-order valence-electron chi connectivity index (χ4n) is 7.46. The van der Waals surface area contributed by atoms with Gasteiger partial charge in [0.15, 0.2) is 0 Å². The highest BCUT2D eigenvalue weighted by atomic mass is 79.9. The fourth-order valence-corrected chi connectivity index (χ4v) is 9.54. The van der Waals surface area contributed by atoms with Crippen LogP contribution >= 0.6 is 27.7 Å². The van der Waals surface area contributed by atoms with Crippen LogP contribution in [0.5, 0.6) is 17.2 Å². The Morgan fingerprint density at radius 3 is 2.70 bits per heavy atom. The lowest BCUT2D eigenvalue weighted by Crippen LogP contribution is -2.54. The first-order chi connectivity index (χ1) is 22.5. The number of amides is 1. The second kappa shape index (κ2) is 12.3. The maximum Gasteiger partial charge on any atom is 0.410 e. The van der Waals surface area contributed by atoms with Gasteiger partial charge in [-0.25, -0.2) is 4.79 Å². The van der Waals surface area contributed by atoms with E-state index in [1.807, 2.05) is 59.1 Å². The summed E-state index contributed by atoms with van der Waals surface area (Å²) in [6.07, 6.45) is 4.16. The predicted octanol–water partition coefficient (Wildman–Crippen LogP) is 7.64. The van der Waals surface area contributed by atoms with Gasteiger partial charge in [0.25, 0.3) is 0 Å². The molecule has 4 atom stereocenters. The molecule has 0 bridgehead atoms. The minimum Gasteiger partial charge on any atom is -0.497 e. The molecule has 0 radical (unpaired) electrons. The van der Waals surface area contributed by atoms with Crippen LogP contribution in [0.3, 0.4) is 0 Å². The number of thioether (sulfide) groups is 1. The van der Waals surface area contributed by atoms with Crippen LogP contribution in [0.25, 0.3) is 0 Å². The molecule has 8 nitrogen and oxygen atoms in total. The van der Waals surface area contributed by atoms with Gasteiger partial charge in [0.2, 0.25) is 0 Å². The van der Waals surface area contributed by atoms with Gasteiger partial charge in [-0.2, -0.15) is 11.8 Å². The van der Waals surface area contributed by atoms with Crippen molar-refractivity contribution in [2.24, 2.45) is 11.1 Å². The van der Waals surface area contributed by atoms with Gasteiger partial charge < -0.3 is 23.8 Å². The number of fused-ring (bicyclic) bond motifs is 1. The summed E-state index contributed by atoms with van der Waals surface area (Å²) in [6, 6.07) is 20.5. The summed E-state index contributed by atoms with van der Waals surface area (Å²) >= 11 is 5.84. The number of rotatable bonds is 10. The molecule has 1 saturated heterocycles. The van der Waals surface area contributed by atoms with Gasteiger partial charge in [0, 0.05) is 29.4 Å². The normalized spacial score (nSPS) is 26.8. The number of oxime groups is 1. The molecule has 2 aliphatic carbocycles. The molecule has 3 aromatic rings. The number of halogens is 1. The number of carbonyl (C=O) groups is 1. The lowest BCUT2D eigenvalue weighted by atomic mass is 9.64. The van der Waals surface area contributed by atoms with Gasteiger partial charge in [0.1, 0.15) is 41.0 Å². The predicted molar refractivity (Wildman–Crippen MR) is 180 cm³/mol. The van der Waals surface area contributed by atoms with Crippen molar-refractivity contribution in [1.29, 1.82) is 0 Å². The van der Waals surface area contributed by atoms with E-state index >= 15 is 0 Å². The van der Waals surface area contributed by atoms with Crippen LogP contribution in [0.1, 0.15) is 54.4 Å². The first-order valence-corrected chi connectivity index (χ1v) is 17.9. The minimum atomic E-state index is -0.356. The third-order valence-electron chi connectivity index (χ3n) is 10.0. The number of ether oxygens (including phenoxy) is 4. The van der Waals surface area contributed by atoms with Crippen LogP contribution in [0.4, 0.5) is 4.79 Å². The van der Waals surface area contributed by atoms with Crippen molar-refractivity contribution in [2.75, 3.05) is 20.3 Å². The number of carbonyl (C=O) groups excluding carboxylic acids is 1. The van der Waals surface area contributed by atoms with Crippen LogP contribution < -0.4 is 14.2 Å². The molecule has 0 aromatic heterocycles. The standard InChI is InChI=1S/C36H37BrN2O6S/c1-41-28-11-9-24(10-12-28)21-46-31-15-26(38-44-19-22-5-3-2-4-6-22)14-30-36(31)16-27-20-43-35(40)39(27)17-25-13-29(42-18-23-7-8-23)33(37)34(45-30)32(25)36/h2-6,9-13,23,27,30-31H,7-8,14-21H2,1H3/b38-26+/t27-,30+,31+,36+/m0/s1. The average molecular weight is 706 g/mol. The van der Waals surface area contributed by atoms with Gasteiger partial charge in [-0.3, -0.25) is 4.90 Å². The fraction of sp³-hybridized carbons (Fsp3) is 0.444. The number of hydrogen-bond acceptors (Lipinski definition) is 8. The van der Waals surface area contributed by atoms with E-state index in [1.54, 1.807) is 7.11 Å². The first kappa shape index (κ1) is 30.0.